The van der Waals surface area contributed by atoms with Crippen LogP contribution >= 0.6 is 12.2 Å². The van der Waals surface area contributed by atoms with Gasteiger partial charge in [0.25, 0.3) is 0 Å². The molecule has 0 radical (unpaired) electrons. The molecule has 0 aromatic carbocycles. The second-order valence-electron chi connectivity index (χ2n) is 3.66. The number of fused-ring (bicyclic) bond motifs is 2. The Labute approximate surface area is 86.4 Å². The molecule has 2 aromatic rings. The molecule has 0 saturated carbocycles. The first-order valence-corrected chi connectivity index (χ1v) is 5.16. The largest absolute Gasteiger partial charge is 0.443 e. The van der Waals surface area contributed by atoms with Crippen molar-refractivity contribution in [3.8, 4) is 0 Å². The number of rotatable bonds is 0. The third kappa shape index (κ3) is 0.973. The topological polar surface area (TPSA) is 31.0 Å². The van der Waals surface area contributed by atoms with Gasteiger partial charge in [0.1, 0.15) is 16.2 Å². The molecule has 3 rings (SSSR count). The lowest BCUT2D eigenvalue weighted by atomic mass is 10.3. The highest BCUT2D eigenvalue weighted by atomic mass is 32.1. The van der Waals surface area contributed by atoms with Gasteiger partial charge in [0, 0.05) is 13.0 Å². The van der Waals surface area contributed by atoms with Crippen LogP contribution in [-0.2, 0) is 13.0 Å². The Morgan fingerprint density at radius 2 is 2.43 bits per heavy atom. The Hall–Kier alpha value is -1.16. The number of hydrogen-bond acceptors (Lipinski definition) is 3. The SMILES string of the molecule is Cc1cc2c(=S)n3c(nc2o1)CCC3. The molecule has 0 aliphatic carbocycles. The first kappa shape index (κ1) is 8.17. The van der Waals surface area contributed by atoms with E-state index in [0.29, 0.717) is 5.71 Å². The van der Waals surface area contributed by atoms with Gasteiger partial charge in [-0.25, -0.2) is 0 Å². The van der Waals surface area contributed by atoms with Gasteiger partial charge in [-0.3, -0.25) is 0 Å². The summed E-state index contributed by atoms with van der Waals surface area (Å²) in [5.41, 5.74) is 0.695. The number of nitrogens with zero attached hydrogens (tertiary/aromatic N) is 2. The molecule has 3 heterocycles. The van der Waals surface area contributed by atoms with E-state index < -0.39 is 0 Å². The van der Waals surface area contributed by atoms with E-state index in [1.165, 1.54) is 0 Å². The normalized spacial score (nSPS) is 14.9. The van der Waals surface area contributed by atoms with Crippen LogP contribution < -0.4 is 0 Å². The van der Waals surface area contributed by atoms with Crippen molar-refractivity contribution >= 4 is 23.3 Å². The third-order valence-electron chi connectivity index (χ3n) is 2.64. The summed E-state index contributed by atoms with van der Waals surface area (Å²) < 4.78 is 8.47. The van der Waals surface area contributed by atoms with Crippen molar-refractivity contribution < 1.29 is 4.42 Å². The van der Waals surface area contributed by atoms with Crippen LogP contribution in [0.5, 0.6) is 0 Å². The first-order valence-electron chi connectivity index (χ1n) is 4.75. The summed E-state index contributed by atoms with van der Waals surface area (Å²) in [6, 6.07) is 1.97. The molecular weight excluding hydrogens is 196 g/mol. The van der Waals surface area contributed by atoms with Crippen LogP contribution in [0.4, 0.5) is 0 Å². The lowest BCUT2D eigenvalue weighted by Gasteiger charge is -2.01. The van der Waals surface area contributed by atoms with E-state index in [4.69, 9.17) is 16.6 Å². The molecule has 14 heavy (non-hydrogen) atoms. The van der Waals surface area contributed by atoms with Crippen molar-refractivity contribution in [2.75, 3.05) is 0 Å². The number of aryl methyl sites for hydroxylation is 2. The van der Waals surface area contributed by atoms with Gasteiger partial charge in [-0.05, 0) is 19.4 Å². The highest BCUT2D eigenvalue weighted by Gasteiger charge is 2.15. The Bertz CT molecular complexity index is 567. The van der Waals surface area contributed by atoms with E-state index in [2.05, 4.69) is 9.55 Å². The fourth-order valence-electron chi connectivity index (χ4n) is 2.00. The van der Waals surface area contributed by atoms with Gasteiger partial charge in [-0.1, -0.05) is 12.2 Å². The molecule has 3 nitrogen and oxygen atoms in total. The minimum Gasteiger partial charge on any atom is -0.443 e. The maximum absolute atomic E-state index is 5.48. The number of furan rings is 1. The second kappa shape index (κ2) is 2.67. The van der Waals surface area contributed by atoms with Gasteiger partial charge in [0.15, 0.2) is 0 Å². The standard InChI is InChI=1S/C10H10N2OS/c1-6-5-7-9(13-6)11-8-3-2-4-12(8)10(7)14/h5H,2-4H2,1H3. The summed E-state index contributed by atoms with van der Waals surface area (Å²) in [7, 11) is 0. The van der Waals surface area contributed by atoms with Crippen LogP contribution in [0.15, 0.2) is 10.5 Å². The summed E-state index contributed by atoms with van der Waals surface area (Å²) in [5, 5.41) is 0.975. The van der Waals surface area contributed by atoms with Crippen LogP contribution in [0.1, 0.15) is 18.0 Å². The average molecular weight is 206 g/mol. The summed E-state index contributed by atoms with van der Waals surface area (Å²) in [6.45, 7) is 2.92. The average Bonchev–Trinajstić information content (AvgIpc) is 2.71. The zero-order valence-electron chi connectivity index (χ0n) is 7.91. The highest BCUT2D eigenvalue weighted by Crippen LogP contribution is 2.23. The smallest absolute Gasteiger partial charge is 0.230 e. The van der Waals surface area contributed by atoms with E-state index in [1.54, 1.807) is 0 Å². The first-order chi connectivity index (χ1) is 6.75. The molecule has 0 unspecified atom stereocenters. The molecule has 0 N–H and O–H groups in total. The Morgan fingerprint density at radius 3 is 3.29 bits per heavy atom. The van der Waals surface area contributed by atoms with Crippen LogP contribution in [0, 0.1) is 11.6 Å². The van der Waals surface area contributed by atoms with Gasteiger partial charge in [0.05, 0.1) is 5.39 Å². The van der Waals surface area contributed by atoms with Crippen LogP contribution in [-0.4, -0.2) is 9.55 Å². The van der Waals surface area contributed by atoms with E-state index in [1.807, 2.05) is 13.0 Å². The Balaban J connectivity index is 2.49. The maximum atomic E-state index is 5.48. The molecule has 0 bridgehead atoms. The fraction of sp³-hybridized carbons (Fsp3) is 0.400. The molecule has 0 spiro atoms. The molecule has 4 heteroatoms. The predicted octanol–water partition coefficient (Wildman–Crippen LogP) is 2.61. The van der Waals surface area contributed by atoms with Gasteiger partial charge >= 0.3 is 0 Å². The molecule has 0 fully saturated rings. The lowest BCUT2D eigenvalue weighted by molar-refractivity contribution is 0.563. The van der Waals surface area contributed by atoms with Crippen LogP contribution in [0.25, 0.3) is 11.1 Å². The van der Waals surface area contributed by atoms with Crippen molar-refractivity contribution in [2.45, 2.75) is 26.3 Å². The number of aromatic nitrogens is 2. The van der Waals surface area contributed by atoms with Gasteiger partial charge < -0.3 is 8.98 Å². The molecule has 1 aliphatic heterocycles. The predicted molar refractivity (Wildman–Crippen MR) is 55.9 cm³/mol. The van der Waals surface area contributed by atoms with Gasteiger partial charge in [0.2, 0.25) is 5.71 Å². The van der Waals surface area contributed by atoms with Crippen molar-refractivity contribution in [3.63, 3.8) is 0 Å². The maximum Gasteiger partial charge on any atom is 0.230 e. The van der Waals surface area contributed by atoms with E-state index in [-0.39, 0.29) is 0 Å². The van der Waals surface area contributed by atoms with E-state index in [9.17, 15) is 0 Å². The van der Waals surface area contributed by atoms with Crippen molar-refractivity contribution in [1.29, 1.82) is 0 Å². The van der Waals surface area contributed by atoms with Crippen molar-refractivity contribution in [2.24, 2.45) is 0 Å². The van der Waals surface area contributed by atoms with Gasteiger partial charge in [-0.2, -0.15) is 4.98 Å². The van der Waals surface area contributed by atoms with Crippen molar-refractivity contribution in [1.82, 2.24) is 9.55 Å². The Morgan fingerprint density at radius 1 is 1.57 bits per heavy atom. The zero-order chi connectivity index (χ0) is 9.71. The fourth-order valence-corrected chi connectivity index (χ4v) is 2.34. The summed E-state index contributed by atoms with van der Waals surface area (Å²) >= 11 is 5.40. The zero-order valence-corrected chi connectivity index (χ0v) is 8.73. The minimum atomic E-state index is 0.695. The molecule has 0 atom stereocenters. The second-order valence-corrected chi connectivity index (χ2v) is 4.05. The quantitative estimate of drug-likeness (QED) is 0.621. The van der Waals surface area contributed by atoms with E-state index >= 15 is 0 Å². The highest BCUT2D eigenvalue weighted by molar-refractivity contribution is 7.71. The molecule has 72 valence electrons. The molecule has 0 amide bonds. The Kier molecular flexibility index (Phi) is 1.56. The summed E-state index contributed by atoms with van der Waals surface area (Å²) in [4.78, 5) is 4.47. The number of hydrogen-bond donors (Lipinski definition) is 0. The van der Waals surface area contributed by atoms with Crippen molar-refractivity contribution in [3.05, 3.63) is 22.3 Å². The van der Waals surface area contributed by atoms with Crippen LogP contribution in [0.2, 0.25) is 0 Å². The molecular formula is C10H10N2OS. The third-order valence-corrected chi connectivity index (χ3v) is 3.08. The van der Waals surface area contributed by atoms with Crippen LogP contribution in [0.3, 0.4) is 0 Å². The molecule has 0 saturated heterocycles. The minimum absolute atomic E-state index is 0.695. The van der Waals surface area contributed by atoms with Gasteiger partial charge in [-0.15, -0.1) is 0 Å². The van der Waals surface area contributed by atoms with E-state index in [0.717, 1.165) is 41.0 Å². The summed E-state index contributed by atoms with van der Waals surface area (Å²) in [5.74, 6) is 1.94. The monoisotopic (exact) mass is 206 g/mol. The molecule has 1 aliphatic rings. The lowest BCUT2D eigenvalue weighted by Crippen LogP contribution is -2.00. The summed E-state index contributed by atoms with van der Waals surface area (Å²) in [6.07, 6.45) is 2.15. The molecule has 2 aromatic heterocycles.